The lowest BCUT2D eigenvalue weighted by Gasteiger charge is -2.11. The van der Waals surface area contributed by atoms with Crippen molar-refractivity contribution in [2.24, 2.45) is 0 Å². The quantitative estimate of drug-likeness (QED) is 0.876. The minimum absolute atomic E-state index is 0.0324. The van der Waals surface area contributed by atoms with Gasteiger partial charge in [0.1, 0.15) is 12.0 Å². The SMILES string of the molecule is Cc1cc(C)cc(S(=O)(=O)Nc2c(Cl)ncnc2Cl)c1. The third-order valence-corrected chi connectivity index (χ3v) is 4.40. The number of anilines is 1. The average Bonchev–Trinajstić information content (AvgIpc) is 2.33. The van der Waals surface area contributed by atoms with Gasteiger partial charge in [-0.1, -0.05) is 29.3 Å². The van der Waals surface area contributed by atoms with Gasteiger partial charge in [-0.25, -0.2) is 18.4 Å². The minimum Gasteiger partial charge on any atom is -0.274 e. The van der Waals surface area contributed by atoms with Crippen molar-refractivity contribution in [3.63, 3.8) is 0 Å². The number of nitrogens with zero attached hydrogens (tertiary/aromatic N) is 2. The Morgan fingerprint density at radius 3 is 2.00 bits per heavy atom. The number of benzene rings is 1. The molecule has 2 aromatic rings. The molecular formula is C12H11Cl2N3O2S. The Morgan fingerprint density at radius 2 is 1.50 bits per heavy atom. The minimum atomic E-state index is -3.80. The maximum Gasteiger partial charge on any atom is 0.262 e. The molecule has 1 N–H and O–H groups in total. The molecule has 1 aromatic heterocycles. The van der Waals surface area contributed by atoms with Crippen LogP contribution in [0.1, 0.15) is 11.1 Å². The zero-order valence-electron chi connectivity index (χ0n) is 10.7. The van der Waals surface area contributed by atoms with Crippen molar-refractivity contribution in [2.45, 2.75) is 18.7 Å². The largest absolute Gasteiger partial charge is 0.274 e. The first-order valence-electron chi connectivity index (χ1n) is 5.57. The molecular weight excluding hydrogens is 321 g/mol. The lowest BCUT2D eigenvalue weighted by atomic mass is 10.2. The van der Waals surface area contributed by atoms with Crippen molar-refractivity contribution in [2.75, 3.05) is 4.72 Å². The van der Waals surface area contributed by atoms with Crippen LogP contribution in [-0.2, 0) is 10.0 Å². The zero-order chi connectivity index (χ0) is 14.9. The molecule has 1 aromatic carbocycles. The van der Waals surface area contributed by atoms with Crippen molar-refractivity contribution >= 4 is 38.9 Å². The molecule has 0 spiro atoms. The molecule has 0 saturated heterocycles. The van der Waals surface area contributed by atoms with Crippen molar-refractivity contribution in [3.05, 3.63) is 46.0 Å². The molecule has 0 fully saturated rings. The summed E-state index contributed by atoms with van der Waals surface area (Å²) in [4.78, 5) is 7.52. The molecule has 2 rings (SSSR count). The smallest absolute Gasteiger partial charge is 0.262 e. The Balaban J connectivity index is 2.46. The lowest BCUT2D eigenvalue weighted by molar-refractivity contribution is 0.601. The lowest BCUT2D eigenvalue weighted by Crippen LogP contribution is -2.14. The van der Waals surface area contributed by atoms with Gasteiger partial charge < -0.3 is 0 Å². The third kappa shape index (κ3) is 3.20. The van der Waals surface area contributed by atoms with E-state index in [9.17, 15) is 8.42 Å². The van der Waals surface area contributed by atoms with E-state index in [2.05, 4.69) is 14.7 Å². The summed E-state index contributed by atoms with van der Waals surface area (Å²) < 4.78 is 27.0. The van der Waals surface area contributed by atoms with E-state index in [-0.39, 0.29) is 20.9 Å². The molecule has 0 bridgehead atoms. The summed E-state index contributed by atoms with van der Waals surface area (Å²) >= 11 is 11.6. The number of halogens is 2. The molecule has 0 unspecified atom stereocenters. The Kier molecular flexibility index (Phi) is 4.17. The molecule has 106 valence electrons. The third-order valence-electron chi connectivity index (χ3n) is 2.50. The van der Waals surface area contributed by atoms with Crippen molar-refractivity contribution < 1.29 is 8.42 Å². The topological polar surface area (TPSA) is 72.0 Å². The standard InChI is InChI=1S/C12H11Cl2N3O2S/c1-7-3-8(2)5-9(4-7)20(18,19)17-10-11(13)15-6-16-12(10)14/h3-6,17H,1-2H3. The van der Waals surface area contributed by atoms with E-state index in [1.54, 1.807) is 12.1 Å². The molecule has 8 heteroatoms. The number of hydrogen-bond donors (Lipinski definition) is 1. The van der Waals surface area contributed by atoms with Gasteiger partial charge in [0.15, 0.2) is 10.3 Å². The Morgan fingerprint density at radius 1 is 1.00 bits per heavy atom. The summed E-state index contributed by atoms with van der Waals surface area (Å²) in [6, 6.07) is 4.99. The first kappa shape index (κ1) is 15.0. The van der Waals surface area contributed by atoms with Crippen molar-refractivity contribution in [3.8, 4) is 0 Å². The monoisotopic (exact) mass is 331 g/mol. The molecule has 0 aliphatic carbocycles. The van der Waals surface area contributed by atoms with Crippen LogP contribution >= 0.6 is 23.2 Å². The van der Waals surface area contributed by atoms with Gasteiger partial charge in [-0.15, -0.1) is 0 Å². The van der Waals surface area contributed by atoms with E-state index < -0.39 is 10.0 Å². The molecule has 5 nitrogen and oxygen atoms in total. The fourth-order valence-corrected chi connectivity index (χ4v) is 3.49. The van der Waals surface area contributed by atoms with Gasteiger partial charge >= 0.3 is 0 Å². The predicted molar refractivity (Wildman–Crippen MR) is 78.8 cm³/mol. The van der Waals surface area contributed by atoms with Gasteiger partial charge in [0.05, 0.1) is 4.90 Å². The maximum atomic E-state index is 12.3. The molecule has 20 heavy (non-hydrogen) atoms. The Labute approximate surface area is 127 Å². The summed E-state index contributed by atoms with van der Waals surface area (Å²) in [5, 5.41) is -0.115. The fourth-order valence-electron chi connectivity index (χ4n) is 1.71. The molecule has 0 saturated carbocycles. The van der Waals surface area contributed by atoms with E-state index in [1.165, 1.54) is 0 Å². The maximum absolute atomic E-state index is 12.3. The van der Waals surface area contributed by atoms with Crippen LogP contribution in [-0.4, -0.2) is 18.4 Å². The summed E-state index contributed by atoms with van der Waals surface area (Å²) in [6.07, 6.45) is 1.15. The molecule has 0 aliphatic heterocycles. The van der Waals surface area contributed by atoms with E-state index >= 15 is 0 Å². The van der Waals surface area contributed by atoms with Crippen LogP contribution < -0.4 is 4.72 Å². The molecule has 0 radical (unpaired) electrons. The van der Waals surface area contributed by atoms with E-state index in [4.69, 9.17) is 23.2 Å². The highest BCUT2D eigenvalue weighted by molar-refractivity contribution is 7.92. The van der Waals surface area contributed by atoms with E-state index in [0.29, 0.717) is 0 Å². The average molecular weight is 332 g/mol. The summed E-state index contributed by atoms with van der Waals surface area (Å²) in [7, 11) is -3.80. The van der Waals surface area contributed by atoms with Gasteiger partial charge in [-0.3, -0.25) is 4.72 Å². The summed E-state index contributed by atoms with van der Waals surface area (Å²) in [5.74, 6) is 0. The second-order valence-corrected chi connectivity index (χ2v) is 6.66. The van der Waals surface area contributed by atoms with Crippen LogP contribution in [0.25, 0.3) is 0 Å². The highest BCUT2D eigenvalue weighted by Crippen LogP contribution is 2.28. The van der Waals surface area contributed by atoms with Crippen molar-refractivity contribution in [1.29, 1.82) is 0 Å². The molecule has 0 amide bonds. The van der Waals surface area contributed by atoms with Gasteiger partial charge in [0.2, 0.25) is 0 Å². The highest BCUT2D eigenvalue weighted by atomic mass is 35.5. The van der Waals surface area contributed by atoms with Gasteiger partial charge in [-0.05, 0) is 37.1 Å². The number of sulfonamides is 1. The molecule has 1 heterocycles. The Hall–Kier alpha value is -1.37. The zero-order valence-corrected chi connectivity index (χ0v) is 13.0. The van der Waals surface area contributed by atoms with Crippen LogP contribution in [0.3, 0.4) is 0 Å². The van der Waals surface area contributed by atoms with Gasteiger partial charge in [0, 0.05) is 0 Å². The summed E-state index contributed by atoms with van der Waals surface area (Å²) in [5.41, 5.74) is 1.65. The first-order chi connectivity index (χ1) is 9.29. The van der Waals surface area contributed by atoms with Crippen LogP contribution in [0.15, 0.2) is 29.4 Å². The second-order valence-electron chi connectivity index (χ2n) is 4.26. The van der Waals surface area contributed by atoms with E-state index in [0.717, 1.165) is 17.5 Å². The van der Waals surface area contributed by atoms with Crippen LogP contribution in [0.4, 0.5) is 5.69 Å². The number of hydrogen-bond acceptors (Lipinski definition) is 4. The predicted octanol–water partition coefficient (Wildman–Crippen LogP) is 3.20. The highest BCUT2D eigenvalue weighted by Gasteiger charge is 2.19. The molecule has 0 atom stereocenters. The van der Waals surface area contributed by atoms with Gasteiger partial charge in [0.25, 0.3) is 10.0 Å². The number of aromatic nitrogens is 2. The number of aryl methyl sites for hydroxylation is 2. The van der Waals surface area contributed by atoms with E-state index in [1.807, 2.05) is 19.9 Å². The van der Waals surface area contributed by atoms with Crippen LogP contribution in [0, 0.1) is 13.8 Å². The summed E-state index contributed by atoms with van der Waals surface area (Å²) in [6.45, 7) is 3.63. The number of nitrogens with one attached hydrogen (secondary N) is 1. The van der Waals surface area contributed by atoms with Crippen LogP contribution in [0.2, 0.25) is 10.3 Å². The Bertz CT molecular complexity index is 723. The fraction of sp³-hybridized carbons (Fsp3) is 0.167. The second kappa shape index (κ2) is 5.55. The first-order valence-corrected chi connectivity index (χ1v) is 7.80. The number of rotatable bonds is 3. The van der Waals surface area contributed by atoms with Crippen LogP contribution in [0.5, 0.6) is 0 Å². The molecule has 0 aliphatic rings. The van der Waals surface area contributed by atoms with Gasteiger partial charge in [-0.2, -0.15) is 0 Å². The van der Waals surface area contributed by atoms with Crippen molar-refractivity contribution in [1.82, 2.24) is 9.97 Å². The normalized spacial score (nSPS) is 11.4.